The second kappa shape index (κ2) is 9.88. The summed E-state index contributed by atoms with van der Waals surface area (Å²) in [7, 11) is -1.61. The molecule has 8 heteroatoms. The monoisotopic (exact) mass is 497 g/mol. The number of amides is 1. The second-order valence-corrected chi connectivity index (χ2v) is 15.5. The highest BCUT2D eigenvalue weighted by Gasteiger charge is 2.25. The third kappa shape index (κ3) is 10.7. The van der Waals surface area contributed by atoms with E-state index >= 15 is 0 Å². The Morgan fingerprint density at radius 2 is 1.57 bits per heavy atom. The molecule has 0 heterocycles. The van der Waals surface area contributed by atoms with E-state index in [0.29, 0.717) is 10.2 Å². The minimum atomic E-state index is -1.61. The third-order valence-electron chi connectivity index (χ3n) is 3.07. The van der Waals surface area contributed by atoms with Gasteiger partial charge in [-0.2, -0.15) is 0 Å². The molecule has 0 atom stereocenters. The summed E-state index contributed by atoms with van der Waals surface area (Å²) >= 11 is 3.40. The average Bonchev–Trinajstić information content (AvgIpc) is 2.45. The van der Waals surface area contributed by atoms with Gasteiger partial charge in [0.1, 0.15) is 25.0 Å². The molecule has 0 aliphatic rings. The summed E-state index contributed by atoms with van der Waals surface area (Å²) in [5, 5.41) is 0. The summed E-state index contributed by atoms with van der Waals surface area (Å²) < 4.78 is 16.7. The second-order valence-electron chi connectivity index (χ2n) is 9.83. The predicted molar refractivity (Wildman–Crippen MR) is 126 cm³/mol. The number of anilines is 1. The van der Waals surface area contributed by atoms with Gasteiger partial charge in [-0.25, -0.2) is 9.59 Å². The fourth-order valence-corrected chi connectivity index (χ4v) is 3.16. The van der Waals surface area contributed by atoms with Gasteiger partial charge < -0.3 is 14.2 Å². The van der Waals surface area contributed by atoms with E-state index in [2.05, 4.69) is 47.0 Å². The smallest absolute Gasteiger partial charge is 0.443 e. The number of ether oxygens (including phenoxy) is 3. The number of hydrogen-bond donors (Lipinski definition) is 0. The maximum Gasteiger partial charge on any atom is 0.514 e. The number of rotatable bonds is 3. The van der Waals surface area contributed by atoms with E-state index < -0.39 is 31.5 Å². The van der Waals surface area contributed by atoms with Crippen LogP contribution in [0.15, 0.2) is 22.7 Å². The first kappa shape index (κ1) is 26.1. The van der Waals surface area contributed by atoms with E-state index in [4.69, 9.17) is 14.2 Å². The summed E-state index contributed by atoms with van der Waals surface area (Å²) in [6.07, 6.45) is -1.36. The van der Waals surface area contributed by atoms with Gasteiger partial charge in [0.05, 0.1) is 12.2 Å². The SMILES string of the molecule is CC(C)(C)OC(=O)Oc1cc(Br)cc(N(CC#C[Si](C)(C)C)C(=O)OC(C)(C)C)c1. The van der Waals surface area contributed by atoms with Crippen LogP contribution in [0.4, 0.5) is 15.3 Å². The minimum absolute atomic E-state index is 0.154. The maximum absolute atomic E-state index is 12.8. The first-order valence-electron chi connectivity index (χ1n) is 9.67. The highest BCUT2D eigenvalue weighted by Crippen LogP contribution is 2.29. The first-order chi connectivity index (χ1) is 13.5. The van der Waals surface area contributed by atoms with E-state index in [9.17, 15) is 9.59 Å². The van der Waals surface area contributed by atoms with Crippen LogP contribution in [0.25, 0.3) is 0 Å². The first-order valence-corrected chi connectivity index (χ1v) is 14.0. The van der Waals surface area contributed by atoms with Gasteiger partial charge in [-0.3, -0.25) is 4.90 Å². The van der Waals surface area contributed by atoms with Crippen molar-refractivity contribution in [2.75, 3.05) is 11.4 Å². The number of halogens is 1. The van der Waals surface area contributed by atoms with Crippen LogP contribution >= 0.6 is 15.9 Å². The Hall–Kier alpha value is -1.98. The molecule has 1 aromatic carbocycles. The van der Waals surface area contributed by atoms with Gasteiger partial charge in [-0.15, -0.1) is 5.54 Å². The molecule has 1 aromatic rings. The lowest BCUT2D eigenvalue weighted by atomic mass is 10.2. The molecule has 0 aliphatic heterocycles. The standard InChI is InChI=1S/C22H32BrNO5Si/c1-21(2,3)28-19(25)24(11-10-12-30(7,8)9)17-13-16(23)14-18(15-17)27-20(26)29-22(4,5)6/h13-15H,11H2,1-9H3. The van der Waals surface area contributed by atoms with Crippen LogP contribution in [0.3, 0.4) is 0 Å². The summed E-state index contributed by atoms with van der Waals surface area (Å²) in [5.74, 6) is 3.33. The van der Waals surface area contributed by atoms with E-state index in [1.165, 1.54) is 4.90 Å². The van der Waals surface area contributed by atoms with Crippen molar-refractivity contribution in [1.29, 1.82) is 0 Å². The summed E-state index contributed by atoms with van der Waals surface area (Å²) in [4.78, 5) is 26.3. The zero-order chi connectivity index (χ0) is 23.3. The van der Waals surface area contributed by atoms with Crippen molar-refractivity contribution in [3.05, 3.63) is 22.7 Å². The molecule has 30 heavy (non-hydrogen) atoms. The van der Waals surface area contributed by atoms with Gasteiger partial charge in [-0.05, 0) is 53.7 Å². The Morgan fingerprint density at radius 3 is 2.07 bits per heavy atom. The molecule has 0 aliphatic carbocycles. The lowest BCUT2D eigenvalue weighted by molar-refractivity contribution is 0.0206. The molecular weight excluding hydrogens is 466 g/mol. The molecule has 1 rings (SSSR count). The van der Waals surface area contributed by atoms with Gasteiger partial charge in [-0.1, -0.05) is 41.5 Å². The number of benzene rings is 1. The van der Waals surface area contributed by atoms with Gasteiger partial charge in [0.15, 0.2) is 0 Å². The lowest BCUT2D eigenvalue weighted by Gasteiger charge is -2.26. The molecule has 1 amide bonds. The van der Waals surface area contributed by atoms with Crippen LogP contribution in [-0.4, -0.2) is 38.1 Å². The van der Waals surface area contributed by atoms with Crippen LogP contribution < -0.4 is 9.64 Å². The van der Waals surface area contributed by atoms with Crippen molar-refractivity contribution in [3.63, 3.8) is 0 Å². The van der Waals surface area contributed by atoms with E-state index in [-0.39, 0.29) is 12.3 Å². The Morgan fingerprint density at radius 1 is 1.00 bits per heavy atom. The third-order valence-corrected chi connectivity index (χ3v) is 4.46. The predicted octanol–water partition coefficient (Wildman–Crippen LogP) is 6.39. The number of hydrogen-bond acceptors (Lipinski definition) is 5. The van der Waals surface area contributed by atoms with Crippen LogP contribution in [0.1, 0.15) is 41.5 Å². The van der Waals surface area contributed by atoms with Crippen LogP contribution in [0.5, 0.6) is 5.75 Å². The highest BCUT2D eigenvalue weighted by molar-refractivity contribution is 9.10. The molecule has 0 N–H and O–H groups in total. The molecule has 0 radical (unpaired) electrons. The summed E-state index contributed by atoms with van der Waals surface area (Å²) in [6, 6.07) is 4.94. The van der Waals surface area contributed by atoms with Gasteiger partial charge in [0.25, 0.3) is 0 Å². The molecule has 0 bridgehead atoms. The van der Waals surface area contributed by atoms with Gasteiger partial charge in [0.2, 0.25) is 0 Å². The van der Waals surface area contributed by atoms with Crippen molar-refractivity contribution >= 4 is 41.9 Å². The number of carbonyl (C=O) groups is 2. The van der Waals surface area contributed by atoms with Crippen molar-refractivity contribution in [1.82, 2.24) is 0 Å². The largest absolute Gasteiger partial charge is 0.514 e. The molecule has 0 spiro atoms. The fraction of sp³-hybridized carbons (Fsp3) is 0.545. The number of nitrogens with zero attached hydrogens (tertiary/aromatic N) is 1. The molecule has 0 unspecified atom stereocenters. The van der Waals surface area contributed by atoms with Crippen LogP contribution in [0.2, 0.25) is 19.6 Å². The van der Waals surface area contributed by atoms with Crippen LogP contribution in [-0.2, 0) is 9.47 Å². The summed E-state index contributed by atoms with van der Waals surface area (Å²) in [5.41, 5.74) is 2.39. The Labute approximate surface area is 189 Å². The Bertz CT molecular complexity index is 838. The molecule has 0 fully saturated rings. The minimum Gasteiger partial charge on any atom is -0.443 e. The molecule has 0 saturated carbocycles. The molecule has 6 nitrogen and oxygen atoms in total. The van der Waals surface area contributed by atoms with Crippen molar-refractivity contribution in [3.8, 4) is 17.2 Å². The van der Waals surface area contributed by atoms with Crippen LogP contribution in [0, 0.1) is 11.5 Å². The van der Waals surface area contributed by atoms with Gasteiger partial charge in [0, 0.05) is 10.5 Å². The van der Waals surface area contributed by atoms with Crippen molar-refractivity contribution in [2.24, 2.45) is 0 Å². The Kier molecular flexibility index (Phi) is 8.58. The van der Waals surface area contributed by atoms with E-state index in [1.807, 2.05) is 0 Å². The zero-order valence-corrected chi connectivity index (χ0v) is 21.9. The highest BCUT2D eigenvalue weighted by atomic mass is 79.9. The van der Waals surface area contributed by atoms with E-state index in [0.717, 1.165) is 0 Å². The summed E-state index contributed by atoms with van der Waals surface area (Å²) in [6.45, 7) is 17.2. The fourth-order valence-electron chi connectivity index (χ4n) is 2.09. The quantitative estimate of drug-likeness (QED) is 0.209. The molecule has 0 aromatic heterocycles. The van der Waals surface area contributed by atoms with Crippen molar-refractivity contribution in [2.45, 2.75) is 72.4 Å². The molecular formula is C22H32BrNO5Si. The van der Waals surface area contributed by atoms with E-state index in [1.54, 1.807) is 59.7 Å². The van der Waals surface area contributed by atoms with Crippen molar-refractivity contribution < 1.29 is 23.8 Å². The topological polar surface area (TPSA) is 65.1 Å². The number of carbonyl (C=O) groups excluding carboxylic acids is 2. The maximum atomic E-state index is 12.8. The van der Waals surface area contributed by atoms with Gasteiger partial charge >= 0.3 is 12.2 Å². The average molecular weight is 498 g/mol. The lowest BCUT2D eigenvalue weighted by Crippen LogP contribution is -2.37. The normalized spacial score (nSPS) is 11.8. The Balaban J connectivity index is 3.24. The molecule has 166 valence electrons. The molecule has 0 saturated heterocycles. The zero-order valence-electron chi connectivity index (χ0n) is 19.3.